The van der Waals surface area contributed by atoms with Crippen LogP contribution in [0.3, 0.4) is 0 Å². The fourth-order valence-corrected chi connectivity index (χ4v) is 3.80. The predicted molar refractivity (Wildman–Crippen MR) is 115 cm³/mol. The molecule has 0 bridgehead atoms. The number of hydrogen-bond acceptors (Lipinski definition) is 2. The first kappa shape index (κ1) is 21.3. The minimum Gasteiger partial charge on any atom is -0.352 e. The summed E-state index contributed by atoms with van der Waals surface area (Å²) < 4.78 is 0. The summed E-state index contributed by atoms with van der Waals surface area (Å²) in [6, 6.07) is 15.0. The van der Waals surface area contributed by atoms with Gasteiger partial charge in [-0.2, -0.15) is 0 Å². The van der Waals surface area contributed by atoms with Crippen molar-refractivity contribution < 1.29 is 14.5 Å². The number of benzene rings is 2. The number of quaternary nitrogens is 1. The van der Waals surface area contributed by atoms with Gasteiger partial charge in [0.2, 0.25) is 5.91 Å². The van der Waals surface area contributed by atoms with E-state index < -0.39 is 0 Å². The smallest absolute Gasteiger partial charge is 0.251 e. The second-order valence-corrected chi connectivity index (χ2v) is 7.98. The number of carbonyl (C=O) groups excluding carboxylic acids is 2. The molecule has 3 N–H and O–H groups in total. The van der Waals surface area contributed by atoms with Gasteiger partial charge in [0.25, 0.3) is 5.91 Å². The monoisotopic (exact) mass is 414 g/mol. The van der Waals surface area contributed by atoms with E-state index in [1.807, 2.05) is 6.07 Å². The molecule has 0 atom stereocenters. The van der Waals surface area contributed by atoms with Crippen LogP contribution in [0, 0.1) is 0 Å². The van der Waals surface area contributed by atoms with Crippen molar-refractivity contribution in [2.45, 2.75) is 38.8 Å². The van der Waals surface area contributed by atoms with Crippen molar-refractivity contribution in [3.8, 4) is 0 Å². The summed E-state index contributed by atoms with van der Waals surface area (Å²) >= 11 is 5.83. The summed E-state index contributed by atoms with van der Waals surface area (Å²) in [6.45, 7) is 4.30. The van der Waals surface area contributed by atoms with Gasteiger partial charge in [0.1, 0.15) is 6.54 Å². The van der Waals surface area contributed by atoms with Crippen LogP contribution in [-0.4, -0.2) is 31.4 Å². The molecular weight excluding hydrogens is 386 g/mol. The van der Waals surface area contributed by atoms with Crippen LogP contribution in [0.15, 0.2) is 48.5 Å². The molecule has 2 aromatic rings. The van der Waals surface area contributed by atoms with Gasteiger partial charge in [-0.3, -0.25) is 9.59 Å². The molecule has 0 spiro atoms. The summed E-state index contributed by atoms with van der Waals surface area (Å²) in [6.07, 6.45) is 4.20. The highest BCUT2D eigenvalue weighted by Crippen LogP contribution is 2.10. The quantitative estimate of drug-likeness (QED) is 0.621. The van der Waals surface area contributed by atoms with Gasteiger partial charge < -0.3 is 15.5 Å². The molecule has 0 aliphatic carbocycles. The van der Waals surface area contributed by atoms with Crippen molar-refractivity contribution in [1.29, 1.82) is 0 Å². The van der Waals surface area contributed by atoms with E-state index >= 15 is 0 Å². The molecule has 5 nitrogen and oxygen atoms in total. The Balaban J connectivity index is 1.42. The SMILES string of the molecule is O=C(CCNC(=O)c1ccc(Cl)cc1)NCc1ccccc1C[NH+]1CCCCC1. The van der Waals surface area contributed by atoms with Crippen LogP contribution in [-0.2, 0) is 17.9 Å². The molecule has 2 aromatic carbocycles. The first-order valence-corrected chi connectivity index (χ1v) is 10.7. The highest BCUT2D eigenvalue weighted by molar-refractivity contribution is 6.30. The van der Waals surface area contributed by atoms with Crippen LogP contribution in [0.2, 0.25) is 5.02 Å². The number of hydrogen-bond donors (Lipinski definition) is 3. The molecule has 1 aliphatic heterocycles. The largest absolute Gasteiger partial charge is 0.352 e. The number of piperidine rings is 1. The van der Waals surface area contributed by atoms with E-state index in [0.717, 1.165) is 6.54 Å². The predicted octanol–water partition coefficient (Wildman–Crippen LogP) is 2.35. The molecule has 0 radical (unpaired) electrons. The normalized spacial score (nSPS) is 14.4. The average Bonchev–Trinajstić information content (AvgIpc) is 2.74. The number of amides is 2. The minimum absolute atomic E-state index is 0.0680. The third-order valence-electron chi connectivity index (χ3n) is 5.34. The van der Waals surface area contributed by atoms with Gasteiger partial charge in [0.05, 0.1) is 13.1 Å². The van der Waals surface area contributed by atoms with E-state index in [1.54, 1.807) is 29.2 Å². The third kappa shape index (κ3) is 6.87. The van der Waals surface area contributed by atoms with E-state index in [4.69, 9.17) is 11.6 Å². The first-order valence-electron chi connectivity index (χ1n) is 10.3. The van der Waals surface area contributed by atoms with Gasteiger partial charge in [-0.05, 0) is 49.1 Å². The molecule has 154 valence electrons. The lowest BCUT2D eigenvalue weighted by Crippen LogP contribution is -3.11. The second-order valence-electron chi connectivity index (χ2n) is 7.55. The van der Waals surface area contributed by atoms with Crippen LogP contribution in [0.1, 0.15) is 47.2 Å². The summed E-state index contributed by atoms with van der Waals surface area (Å²) in [4.78, 5) is 25.9. The number of carbonyl (C=O) groups is 2. The van der Waals surface area contributed by atoms with Crippen LogP contribution < -0.4 is 15.5 Å². The van der Waals surface area contributed by atoms with Crippen molar-refractivity contribution in [2.75, 3.05) is 19.6 Å². The lowest BCUT2D eigenvalue weighted by Gasteiger charge is -2.24. The molecule has 1 aliphatic rings. The first-order chi connectivity index (χ1) is 14.1. The lowest BCUT2D eigenvalue weighted by atomic mass is 10.0. The maximum Gasteiger partial charge on any atom is 0.251 e. The number of nitrogens with one attached hydrogen (secondary N) is 3. The van der Waals surface area contributed by atoms with E-state index in [0.29, 0.717) is 23.7 Å². The number of likely N-dealkylation sites (tertiary alicyclic amines) is 1. The Kier molecular flexibility index (Phi) is 8.08. The van der Waals surface area contributed by atoms with Crippen molar-refractivity contribution >= 4 is 23.4 Å². The van der Waals surface area contributed by atoms with Crippen LogP contribution in [0.25, 0.3) is 0 Å². The second kappa shape index (κ2) is 11.0. The zero-order valence-corrected chi connectivity index (χ0v) is 17.4. The average molecular weight is 415 g/mol. The van der Waals surface area contributed by atoms with Crippen molar-refractivity contribution in [2.24, 2.45) is 0 Å². The fourth-order valence-electron chi connectivity index (χ4n) is 3.68. The Morgan fingerprint density at radius 1 is 0.897 bits per heavy atom. The van der Waals surface area contributed by atoms with Gasteiger partial charge >= 0.3 is 0 Å². The standard InChI is InChI=1S/C23H28ClN3O2/c24-21-10-8-18(9-11-21)23(29)25-13-12-22(28)26-16-19-6-2-3-7-20(19)17-27-14-4-1-5-15-27/h2-3,6-11H,1,4-5,12-17H2,(H,25,29)(H,26,28)/p+1. The van der Waals surface area contributed by atoms with Crippen LogP contribution in [0.4, 0.5) is 0 Å². The topological polar surface area (TPSA) is 62.6 Å². The maximum absolute atomic E-state index is 12.2. The summed E-state index contributed by atoms with van der Waals surface area (Å²) in [7, 11) is 0. The van der Waals surface area contributed by atoms with Gasteiger partial charge in [0, 0.05) is 35.7 Å². The summed E-state index contributed by atoms with van der Waals surface area (Å²) in [5, 5.41) is 6.33. The van der Waals surface area contributed by atoms with E-state index in [2.05, 4.69) is 28.8 Å². The Hall–Kier alpha value is -2.37. The molecule has 3 rings (SSSR count). The van der Waals surface area contributed by atoms with Crippen molar-refractivity contribution in [3.05, 3.63) is 70.2 Å². The van der Waals surface area contributed by atoms with E-state index in [1.165, 1.54) is 43.5 Å². The third-order valence-corrected chi connectivity index (χ3v) is 5.59. The Morgan fingerprint density at radius 3 is 2.31 bits per heavy atom. The van der Waals surface area contributed by atoms with E-state index in [-0.39, 0.29) is 18.2 Å². The fraction of sp³-hybridized carbons (Fsp3) is 0.391. The molecule has 1 saturated heterocycles. The Morgan fingerprint density at radius 2 is 1.59 bits per heavy atom. The molecule has 29 heavy (non-hydrogen) atoms. The van der Waals surface area contributed by atoms with Crippen molar-refractivity contribution in [3.63, 3.8) is 0 Å². The molecule has 0 unspecified atom stereocenters. The molecule has 0 aromatic heterocycles. The van der Waals surface area contributed by atoms with Gasteiger partial charge in [0.15, 0.2) is 0 Å². The Labute approximate surface area is 177 Å². The van der Waals surface area contributed by atoms with Crippen molar-refractivity contribution in [1.82, 2.24) is 10.6 Å². The highest BCUT2D eigenvalue weighted by atomic mass is 35.5. The molecule has 2 amide bonds. The number of rotatable bonds is 8. The zero-order valence-electron chi connectivity index (χ0n) is 16.7. The molecule has 1 fully saturated rings. The van der Waals surface area contributed by atoms with Crippen LogP contribution in [0.5, 0.6) is 0 Å². The lowest BCUT2D eigenvalue weighted by molar-refractivity contribution is -0.918. The van der Waals surface area contributed by atoms with E-state index in [9.17, 15) is 9.59 Å². The van der Waals surface area contributed by atoms with Gasteiger partial charge in [-0.25, -0.2) is 0 Å². The highest BCUT2D eigenvalue weighted by Gasteiger charge is 2.16. The summed E-state index contributed by atoms with van der Waals surface area (Å²) in [5.41, 5.74) is 3.01. The molecule has 0 saturated carbocycles. The zero-order chi connectivity index (χ0) is 20.5. The molecular formula is C23H29ClN3O2+. The minimum atomic E-state index is -0.204. The Bertz CT molecular complexity index is 817. The molecule has 6 heteroatoms. The molecule has 1 heterocycles. The number of halogens is 1. The maximum atomic E-state index is 12.2. The van der Waals surface area contributed by atoms with Crippen LogP contribution >= 0.6 is 11.6 Å². The van der Waals surface area contributed by atoms with Gasteiger partial charge in [-0.15, -0.1) is 0 Å². The van der Waals surface area contributed by atoms with Gasteiger partial charge in [-0.1, -0.05) is 35.9 Å². The summed E-state index contributed by atoms with van der Waals surface area (Å²) in [5.74, 6) is -0.272.